The van der Waals surface area contributed by atoms with Gasteiger partial charge in [0, 0.05) is 12.2 Å². The summed E-state index contributed by atoms with van der Waals surface area (Å²) >= 11 is 0. The Morgan fingerprint density at radius 3 is 2.14 bits per heavy atom. The molecule has 6 nitrogen and oxygen atoms in total. The number of ether oxygens (including phenoxy) is 1. The van der Waals surface area contributed by atoms with Crippen LogP contribution in [0.4, 0.5) is 0 Å². The van der Waals surface area contributed by atoms with E-state index >= 15 is 0 Å². The van der Waals surface area contributed by atoms with Gasteiger partial charge < -0.3 is 4.74 Å². The van der Waals surface area contributed by atoms with E-state index in [-0.39, 0.29) is 0 Å². The second-order valence-corrected chi connectivity index (χ2v) is 5.93. The number of carbonyl (C=O) groups excluding carboxylic acids is 2. The van der Waals surface area contributed by atoms with E-state index in [2.05, 4.69) is 16.8 Å². The molecule has 0 saturated carbocycles. The van der Waals surface area contributed by atoms with Crippen LogP contribution in [0.15, 0.2) is 12.2 Å². The van der Waals surface area contributed by atoms with Crippen LogP contribution >= 0.6 is 0 Å². The highest BCUT2D eigenvalue weighted by molar-refractivity contribution is 5.91. The zero-order chi connectivity index (χ0) is 16.8. The van der Waals surface area contributed by atoms with Gasteiger partial charge >= 0.3 is 11.9 Å². The number of esters is 1. The van der Waals surface area contributed by atoms with Crippen molar-refractivity contribution in [1.82, 2.24) is 0 Å². The first-order valence-corrected chi connectivity index (χ1v) is 7.76. The van der Waals surface area contributed by atoms with E-state index in [9.17, 15) is 9.59 Å². The van der Waals surface area contributed by atoms with Crippen LogP contribution in [0.3, 0.4) is 0 Å². The van der Waals surface area contributed by atoms with Crippen LogP contribution in [0.1, 0.15) is 66.2 Å². The molecule has 22 heavy (non-hydrogen) atoms. The van der Waals surface area contributed by atoms with Crippen molar-refractivity contribution in [2.75, 3.05) is 6.61 Å². The minimum atomic E-state index is -0.847. The van der Waals surface area contributed by atoms with E-state index in [1.165, 1.54) is 19.3 Å². The van der Waals surface area contributed by atoms with Gasteiger partial charge in [-0.05, 0) is 32.2 Å². The van der Waals surface area contributed by atoms with Gasteiger partial charge in [0.25, 0.3) is 0 Å². The molecule has 128 valence electrons. The first-order chi connectivity index (χ1) is 10.3. The lowest BCUT2D eigenvalue weighted by Gasteiger charge is -2.14. The van der Waals surface area contributed by atoms with Crippen molar-refractivity contribution in [2.45, 2.75) is 71.8 Å². The molecule has 0 aliphatic carbocycles. The molecule has 0 aromatic carbocycles. The average Bonchev–Trinajstić information content (AvgIpc) is 2.43. The number of carbonyl (C=O) groups is 2. The predicted octanol–water partition coefficient (Wildman–Crippen LogP) is 3.65. The minimum absolute atomic E-state index is 0.355. The number of rotatable bonds is 11. The third kappa shape index (κ3) is 15.0. The van der Waals surface area contributed by atoms with Crippen molar-refractivity contribution < 1.29 is 29.1 Å². The molecule has 0 spiro atoms. The number of hydrogen-bond donors (Lipinski definition) is 0. The SMILES string of the molecule is CCCCCCCCOC(=O)C=CC(=O)OOOC(C)(C)C. The molecular weight excluding hydrogens is 288 g/mol. The van der Waals surface area contributed by atoms with Gasteiger partial charge in [-0.3, -0.25) is 4.89 Å². The van der Waals surface area contributed by atoms with Gasteiger partial charge in [0.1, 0.15) is 0 Å². The van der Waals surface area contributed by atoms with Gasteiger partial charge in [-0.25, -0.2) is 9.59 Å². The highest BCUT2D eigenvalue weighted by atomic mass is 17.5. The molecule has 0 fully saturated rings. The highest BCUT2D eigenvalue weighted by Crippen LogP contribution is 2.07. The van der Waals surface area contributed by atoms with Gasteiger partial charge in [0.15, 0.2) is 0 Å². The first-order valence-electron chi connectivity index (χ1n) is 7.76. The van der Waals surface area contributed by atoms with Crippen LogP contribution in [0.5, 0.6) is 0 Å². The van der Waals surface area contributed by atoms with E-state index in [1.807, 2.05) is 0 Å². The molecule has 0 aromatic rings. The lowest BCUT2D eigenvalue weighted by Crippen LogP contribution is -2.20. The zero-order valence-electron chi connectivity index (χ0n) is 14.1. The van der Waals surface area contributed by atoms with Gasteiger partial charge in [-0.2, -0.15) is 4.89 Å². The van der Waals surface area contributed by atoms with Crippen molar-refractivity contribution in [2.24, 2.45) is 0 Å². The Labute approximate surface area is 132 Å². The summed E-state index contributed by atoms with van der Waals surface area (Å²) in [5, 5.41) is 4.28. The van der Waals surface area contributed by atoms with Crippen LogP contribution in [-0.4, -0.2) is 24.1 Å². The van der Waals surface area contributed by atoms with Crippen LogP contribution in [0.2, 0.25) is 0 Å². The van der Waals surface area contributed by atoms with Crippen molar-refractivity contribution in [3.05, 3.63) is 12.2 Å². The summed E-state index contributed by atoms with van der Waals surface area (Å²) in [7, 11) is 0. The molecule has 0 radical (unpaired) electrons. The Bertz CT molecular complexity index is 343. The van der Waals surface area contributed by atoms with Crippen molar-refractivity contribution in [3.8, 4) is 0 Å². The first kappa shape index (κ1) is 20.6. The van der Waals surface area contributed by atoms with E-state index < -0.39 is 17.5 Å². The lowest BCUT2D eigenvalue weighted by molar-refractivity contribution is -0.513. The van der Waals surface area contributed by atoms with E-state index in [4.69, 9.17) is 9.62 Å². The molecular formula is C16H28O6. The van der Waals surface area contributed by atoms with Crippen LogP contribution in [0.25, 0.3) is 0 Å². The molecule has 0 N–H and O–H groups in total. The molecule has 0 aromatic heterocycles. The number of unbranched alkanes of at least 4 members (excludes halogenated alkanes) is 5. The predicted molar refractivity (Wildman–Crippen MR) is 81.5 cm³/mol. The summed E-state index contributed by atoms with van der Waals surface area (Å²) < 4.78 is 4.95. The second kappa shape index (κ2) is 12.2. The Hall–Kier alpha value is -1.40. The molecule has 0 saturated heterocycles. The number of hydrogen-bond acceptors (Lipinski definition) is 6. The summed E-state index contributed by atoms with van der Waals surface area (Å²) in [5.74, 6) is -1.43. The monoisotopic (exact) mass is 316 g/mol. The molecule has 0 aliphatic heterocycles. The third-order valence-corrected chi connectivity index (χ3v) is 2.50. The Morgan fingerprint density at radius 2 is 1.50 bits per heavy atom. The molecule has 0 atom stereocenters. The minimum Gasteiger partial charge on any atom is -0.463 e. The molecule has 0 aliphatic rings. The molecule has 0 unspecified atom stereocenters. The van der Waals surface area contributed by atoms with Gasteiger partial charge in [-0.1, -0.05) is 39.0 Å². The quantitative estimate of drug-likeness (QED) is 0.190. The van der Waals surface area contributed by atoms with Gasteiger partial charge in [-0.15, -0.1) is 0 Å². The fourth-order valence-electron chi connectivity index (χ4n) is 1.42. The van der Waals surface area contributed by atoms with E-state index in [0.29, 0.717) is 6.61 Å². The van der Waals surface area contributed by atoms with Crippen LogP contribution < -0.4 is 0 Å². The normalized spacial score (nSPS) is 11.6. The lowest BCUT2D eigenvalue weighted by atomic mass is 10.1. The Morgan fingerprint density at radius 1 is 0.909 bits per heavy atom. The Kier molecular flexibility index (Phi) is 11.4. The maximum Gasteiger partial charge on any atom is 0.369 e. The maximum atomic E-state index is 11.3. The van der Waals surface area contributed by atoms with Crippen LogP contribution in [-0.2, 0) is 29.1 Å². The molecule has 0 rings (SSSR count). The second-order valence-electron chi connectivity index (χ2n) is 5.93. The molecule has 0 amide bonds. The summed E-state index contributed by atoms with van der Waals surface area (Å²) in [4.78, 5) is 31.5. The largest absolute Gasteiger partial charge is 0.463 e. The van der Waals surface area contributed by atoms with E-state index in [1.54, 1.807) is 20.8 Å². The fraction of sp³-hybridized carbons (Fsp3) is 0.750. The smallest absolute Gasteiger partial charge is 0.369 e. The standard InChI is InChI=1S/C16H28O6/c1-5-6-7-8-9-10-13-19-14(17)11-12-15(18)20-22-21-16(2,3)4/h11-12H,5-10,13H2,1-4H3. The van der Waals surface area contributed by atoms with Crippen molar-refractivity contribution in [3.63, 3.8) is 0 Å². The van der Waals surface area contributed by atoms with Gasteiger partial charge in [0.2, 0.25) is 0 Å². The van der Waals surface area contributed by atoms with Crippen LogP contribution in [0, 0.1) is 0 Å². The Balaban J connectivity index is 3.62. The maximum absolute atomic E-state index is 11.3. The molecule has 6 heteroatoms. The van der Waals surface area contributed by atoms with E-state index in [0.717, 1.165) is 31.4 Å². The topological polar surface area (TPSA) is 71.1 Å². The summed E-state index contributed by atoms with van der Waals surface area (Å²) in [5.41, 5.74) is -0.597. The zero-order valence-corrected chi connectivity index (χ0v) is 14.1. The fourth-order valence-corrected chi connectivity index (χ4v) is 1.42. The van der Waals surface area contributed by atoms with Crippen molar-refractivity contribution >= 4 is 11.9 Å². The van der Waals surface area contributed by atoms with Crippen molar-refractivity contribution in [1.29, 1.82) is 0 Å². The summed E-state index contributed by atoms with van der Waals surface area (Å²) in [6.07, 6.45) is 8.61. The molecule has 0 heterocycles. The van der Waals surface area contributed by atoms with Gasteiger partial charge in [0.05, 0.1) is 12.2 Å². The summed E-state index contributed by atoms with van der Waals surface area (Å²) in [6, 6.07) is 0. The third-order valence-electron chi connectivity index (χ3n) is 2.50. The molecule has 0 bridgehead atoms. The summed E-state index contributed by atoms with van der Waals surface area (Å²) in [6.45, 7) is 7.72. The highest BCUT2D eigenvalue weighted by Gasteiger charge is 2.13. The average molecular weight is 316 g/mol.